The molecule has 0 aromatic heterocycles. The molecule has 17 heavy (non-hydrogen) atoms. The van der Waals surface area contributed by atoms with Crippen LogP contribution in [0.1, 0.15) is 19.3 Å². The summed E-state index contributed by atoms with van der Waals surface area (Å²) in [5.41, 5.74) is -1.56. The summed E-state index contributed by atoms with van der Waals surface area (Å²) in [4.78, 5) is 2.22. The van der Waals surface area contributed by atoms with Gasteiger partial charge in [-0.25, -0.2) is 0 Å². The van der Waals surface area contributed by atoms with Gasteiger partial charge in [-0.3, -0.25) is 0 Å². The maximum Gasteiger partial charge on any atom is 0.406 e. The van der Waals surface area contributed by atoms with E-state index >= 15 is 0 Å². The van der Waals surface area contributed by atoms with Crippen LogP contribution < -0.4 is 10.6 Å². The number of nitrogens with one attached hydrogen (secondary N) is 2. The molecule has 2 aliphatic rings. The van der Waals surface area contributed by atoms with Crippen LogP contribution in [0.5, 0.6) is 0 Å². The van der Waals surface area contributed by atoms with Gasteiger partial charge in [-0.15, -0.1) is 0 Å². The first-order valence-corrected chi connectivity index (χ1v) is 6.28. The zero-order valence-electron chi connectivity index (χ0n) is 9.95. The highest BCUT2D eigenvalue weighted by Crippen LogP contribution is 2.48. The molecule has 6 heteroatoms. The van der Waals surface area contributed by atoms with Crippen LogP contribution in [0.15, 0.2) is 0 Å². The molecule has 1 heterocycles. The minimum Gasteiger partial charge on any atom is -0.315 e. The van der Waals surface area contributed by atoms with E-state index in [0.29, 0.717) is 13.1 Å². The molecule has 2 rings (SSSR count). The first-order chi connectivity index (χ1) is 8.04. The van der Waals surface area contributed by atoms with E-state index in [4.69, 9.17) is 0 Å². The van der Waals surface area contributed by atoms with E-state index in [0.717, 1.165) is 32.6 Å². The van der Waals surface area contributed by atoms with E-state index in [-0.39, 0.29) is 12.8 Å². The van der Waals surface area contributed by atoms with Gasteiger partial charge in [0.05, 0.1) is 0 Å². The number of halogens is 3. The summed E-state index contributed by atoms with van der Waals surface area (Å²) in [6.45, 7) is 4.99. The SMILES string of the molecule is FC(F)(F)C1(NCCN2CCCNCC2)CC1. The molecular formula is C11H20F3N3. The number of hydrogen-bond acceptors (Lipinski definition) is 3. The fourth-order valence-corrected chi connectivity index (χ4v) is 2.26. The van der Waals surface area contributed by atoms with Crippen molar-refractivity contribution in [1.29, 1.82) is 0 Å². The second-order valence-corrected chi connectivity index (χ2v) is 4.95. The van der Waals surface area contributed by atoms with Crippen LogP contribution >= 0.6 is 0 Å². The van der Waals surface area contributed by atoms with Gasteiger partial charge in [0.15, 0.2) is 0 Å². The Bertz CT molecular complexity index is 243. The van der Waals surface area contributed by atoms with Crippen LogP contribution in [0.3, 0.4) is 0 Å². The molecule has 2 fully saturated rings. The Morgan fingerprint density at radius 3 is 2.59 bits per heavy atom. The zero-order chi connectivity index (χ0) is 12.4. The topological polar surface area (TPSA) is 27.3 Å². The van der Waals surface area contributed by atoms with E-state index in [1.54, 1.807) is 0 Å². The number of hydrogen-bond donors (Lipinski definition) is 2. The Kier molecular flexibility index (Phi) is 3.95. The lowest BCUT2D eigenvalue weighted by Crippen LogP contribution is -2.47. The maximum atomic E-state index is 12.6. The van der Waals surface area contributed by atoms with Gasteiger partial charge in [0.25, 0.3) is 0 Å². The molecule has 3 nitrogen and oxygen atoms in total. The van der Waals surface area contributed by atoms with Crippen molar-refractivity contribution in [1.82, 2.24) is 15.5 Å². The predicted octanol–water partition coefficient (Wildman–Crippen LogP) is 0.966. The highest BCUT2D eigenvalue weighted by molar-refractivity contribution is 5.07. The summed E-state index contributed by atoms with van der Waals surface area (Å²) >= 11 is 0. The van der Waals surface area contributed by atoms with Crippen LogP contribution in [0.25, 0.3) is 0 Å². The van der Waals surface area contributed by atoms with Gasteiger partial charge in [0.1, 0.15) is 5.54 Å². The maximum absolute atomic E-state index is 12.6. The summed E-state index contributed by atoms with van der Waals surface area (Å²) in [7, 11) is 0. The molecule has 0 atom stereocenters. The van der Waals surface area contributed by atoms with Gasteiger partial charge in [-0.1, -0.05) is 0 Å². The summed E-state index contributed by atoms with van der Waals surface area (Å²) in [6, 6.07) is 0. The summed E-state index contributed by atoms with van der Waals surface area (Å²) in [5, 5.41) is 5.97. The Morgan fingerprint density at radius 1 is 1.18 bits per heavy atom. The van der Waals surface area contributed by atoms with Gasteiger partial charge >= 0.3 is 6.18 Å². The molecule has 1 aliphatic carbocycles. The van der Waals surface area contributed by atoms with E-state index < -0.39 is 11.7 Å². The molecule has 2 N–H and O–H groups in total. The second-order valence-electron chi connectivity index (χ2n) is 4.95. The molecule has 1 aliphatic heterocycles. The Morgan fingerprint density at radius 2 is 1.94 bits per heavy atom. The fraction of sp³-hybridized carbons (Fsp3) is 1.00. The van der Waals surface area contributed by atoms with Crippen LogP contribution in [-0.4, -0.2) is 55.9 Å². The monoisotopic (exact) mass is 251 g/mol. The molecule has 0 bridgehead atoms. The molecule has 100 valence electrons. The van der Waals surface area contributed by atoms with Gasteiger partial charge in [-0.05, 0) is 32.4 Å². The van der Waals surface area contributed by atoms with Crippen molar-refractivity contribution in [3.63, 3.8) is 0 Å². The smallest absolute Gasteiger partial charge is 0.315 e. The Labute approximate surface area is 99.7 Å². The summed E-state index contributed by atoms with van der Waals surface area (Å²) in [6.07, 6.45) is -2.55. The van der Waals surface area contributed by atoms with Gasteiger partial charge in [0.2, 0.25) is 0 Å². The summed E-state index contributed by atoms with van der Waals surface area (Å²) < 4.78 is 37.9. The average Bonchev–Trinajstić information content (AvgIpc) is 3.01. The van der Waals surface area contributed by atoms with Crippen LogP contribution in [0.2, 0.25) is 0 Å². The van der Waals surface area contributed by atoms with Crippen molar-refractivity contribution in [2.24, 2.45) is 0 Å². The van der Waals surface area contributed by atoms with Crippen molar-refractivity contribution in [3.05, 3.63) is 0 Å². The van der Waals surface area contributed by atoms with Crippen molar-refractivity contribution in [3.8, 4) is 0 Å². The summed E-state index contributed by atoms with van der Waals surface area (Å²) in [5.74, 6) is 0. The van der Waals surface area contributed by atoms with Gasteiger partial charge in [-0.2, -0.15) is 13.2 Å². The molecule has 1 saturated carbocycles. The standard InChI is InChI=1S/C11H20F3N3/c12-11(13,14)10(2-3-10)16-6-9-17-7-1-4-15-5-8-17/h15-16H,1-9H2. The third-order valence-electron chi connectivity index (χ3n) is 3.62. The molecule has 0 unspecified atom stereocenters. The van der Waals surface area contributed by atoms with Gasteiger partial charge in [0, 0.05) is 26.2 Å². The Hall–Kier alpha value is -0.330. The normalized spacial score (nSPS) is 25.6. The largest absolute Gasteiger partial charge is 0.406 e. The molecule has 1 saturated heterocycles. The number of alkyl halides is 3. The lowest BCUT2D eigenvalue weighted by molar-refractivity contribution is -0.165. The van der Waals surface area contributed by atoms with Crippen molar-refractivity contribution < 1.29 is 13.2 Å². The third-order valence-corrected chi connectivity index (χ3v) is 3.62. The molecule has 0 aromatic rings. The number of rotatable bonds is 4. The second kappa shape index (κ2) is 5.12. The zero-order valence-corrected chi connectivity index (χ0v) is 9.95. The number of nitrogens with zero attached hydrogens (tertiary/aromatic N) is 1. The van der Waals surface area contributed by atoms with Crippen molar-refractivity contribution in [2.45, 2.75) is 31.0 Å². The molecular weight excluding hydrogens is 231 g/mol. The van der Waals surface area contributed by atoms with E-state index in [2.05, 4.69) is 15.5 Å². The average molecular weight is 251 g/mol. The Balaban J connectivity index is 1.69. The minimum atomic E-state index is -4.09. The molecule has 0 spiro atoms. The van der Waals surface area contributed by atoms with Crippen LogP contribution in [-0.2, 0) is 0 Å². The quantitative estimate of drug-likeness (QED) is 0.779. The van der Waals surface area contributed by atoms with E-state index in [1.807, 2.05) is 0 Å². The van der Waals surface area contributed by atoms with E-state index in [9.17, 15) is 13.2 Å². The van der Waals surface area contributed by atoms with Crippen molar-refractivity contribution in [2.75, 3.05) is 39.3 Å². The third kappa shape index (κ3) is 3.33. The van der Waals surface area contributed by atoms with Gasteiger partial charge < -0.3 is 15.5 Å². The molecule has 0 amide bonds. The molecule has 0 radical (unpaired) electrons. The fourth-order valence-electron chi connectivity index (χ4n) is 2.26. The van der Waals surface area contributed by atoms with Crippen LogP contribution in [0, 0.1) is 0 Å². The minimum absolute atomic E-state index is 0.234. The highest BCUT2D eigenvalue weighted by atomic mass is 19.4. The van der Waals surface area contributed by atoms with Crippen molar-refractivity contribution >= 4 is 0 Å². The molecule has 0 aromatic carbocycles. The first kappa shape index (κ1) is 13.1. The highest BCUT2D eigenvalue weighted by Gasteiger charge is 2.62. The lowest BCUT2D eigenvalue weighted by atomic mass is 10.2. The first-order valence-electron chi connectivity index (χ1n) is 6.28. The lowest BCUT2D eigenvalue weighted by Gasteiger charge is -2.24. The van der Waals surface area contributed by atoms with Crippen LogP contribution in [0.4, 0.5) is 13.2 Å². The predicted molar refractivity (Wildman–Crippen MR) is 59.9 cm³/mol. The van der Waals surface area contributed by atoms with E-state index in [1.165, 1.54) is 0 Å².